The second-order valence-electron chi connectivity index (χ2n) is 6.09. The van der Waals surface area contributed by atoms with Crippen LogP contribution in [0.15, 0.2) is 48.5 Å². The Hall–Kier alpha value is -2.62. The Bertz CT molecular complexity index is 806. The fourth-order valence-corrected chi connectivity index (χ4v) is 3.12. The number of rotatable bonds is 3. The van der Waals surface area contributed by atoms with Gasteiger partial charge in [0.25, 0.3) is 0 Å². The maximum atomic E-state index is 6.06. The summed E-state index contributed by atoms with van der Waals surface area (Å²) < 4.78 is 5.47. The number of anilines is 1. The van der Waals surface area contributed by atoms with E-state index in [2.05, 4.69) is 40.3 Å². The molecule has 0 aliphatic heterocycles. The summed E-state index contributed by atoms with van der Waals surface area (Å²) in [6, 6.07) is 8.78. The van der Waals surface area contributed by atoms with Crippen LogP contribution in [0.1, 0.15) is 47.1 Å². The number of ether oxygens (including phenoxy) is 1. The predicted molar refractivity (Wildman–Crippen MR) is 90.8 cm³/mol. The zero-order valence-electron chi connectivity index (χ0n) is 13.1. The van der Waals surface area contributed by atoms with Gasteiger partial charge in [-0.2, -0.15) is 0 Å². The smallest absolute Gasteiger partial charge is 0.134 e. The molecule has 4 rings (SSSR count). The van der Waals surface area contributed by atoms with Crippen LogP contribution in [-0.2, 0) is 4.74 Å². The van der Waals surface area contributed by atoms with Gasteiger partial charge in [0, 0.05) is 11.5 Å². The lowest BCUT2D eigenvalue weighted by Gasteiger charge is -2.16. The highest BCUT2D eigenvalue weighted by Crippen LogP contribution is 2.42. The molecule has 116 valence electrons. The Morgan fingerprint density at radius 2 is 1.96 bits per heavy atom. The molecule has 2 aliphatic carbocycles. The lowest BCUT2D eigenvalue weighted by atomic mass is 9.91. The molecule has 0 bridgehead atoms. The average Bonchev–Trinajstić information content (AvgIpc) is 3.42. The number of fused-ring (bicyclic) bond motifs is 1. The Labute approximate surface area is 135 Å². The minimum Gasteiger partial charge on any atom is -0.497 e. The number of aromatic nitrogens is 2. The van der Waals surface area contributed by atoms with Gasteiger partial charge in [-0.3, -0.25) is 0 Å². The summed E-state index contributed by atoms with van der Waals surface area (Å²) in [5, 5.41) is 0. The minimum atomic E-state index is 0.0129. The molecule has 0 saturated heterocycles. The van der Waals surface area contributed by atoms with Crippen molar-refractivity contribution < 1.29 is 4.74 Å². The molecule has 2 N–H and O–H groups in total. The highest BCUT2D eigenvalue weighted by Gasteiger charge is 2.26. The number of methoxy groups -OCH3 is 1. The minimum absolute atomic E-state index is 0.0129. The second kappa shape index (κ2) is 5.54. The molecule has 0 spiro atoms. The molecule has 1 fully saturated rings. The van der Waals surface area contributed by atoms with Crippen LogP contribution in [0.5, 0.6) is 0 Å². The van der Waals surface area contributed by atoms with Crippen molar-refractivity contribution in [2.75, 3.05) is 12.8 Å². The number of hydrogen-bond acceptors (Lipinski definition) is 4. The van der Waals surface area contributed by atoms with Crippen molar-refractivity contribution in [3.05, 3.63) is 70.9 Å². The van der Waals surface area contributed by atoms with Gasteiger partial charge in [-0.05, 0) is 48.1 Å². The third-order valence-electron chi connectivity index (χ3n) is 4.54. The van der Waals surface area contributed by atoms with Crippen molar-refractivity contribution in [1.29, 1.82) is 0 Å². The van der Waals surface area contributed by atoms with Gasteiger partial charge < -0.3 is 10.5 Å². The molecule has 23 heavy (non-hydrogen) atoms. The molecule has 1 aromatic carbocycles. The molecular formula is C19H19N3O. The summed E-state index contributed by atoms with van der Waals surface area (Å²) in [5.74, 6) is 2.04. The molecule has 1 saturated carbocycles. The van der Waals surface area contributed by atoms with Crippen LogP contribution in [0.2, 0.25) is 0 Å². The Morgan fingerprint density at radius 3 is 2.74 bits per heavy atom. The third kappa shape index (κ3) is 2.61. The van der Waals surface area contributed by atoms with Crippen LogP contribution in [0, 0.1) is 0 Å². The SMILES string of the molecule is COC1=CC(c2cccc(C3CC3)c2)c2ncnc(N)c2C=C1. The molecule has 4 heteroatoms. The van der Waals surface area contributed by atoms with Crippen LogP contribution in [0.3, 0.4) is 0 Å². The lowest BCUT2D eigenvalue weighted by molar-refractivity contribution is 0.305. The summed E-state index contributed by atoms with van der Waals surface area (Å²) in [4.78, 5) is 8.63. The maximum Gasteiger partial charge on any atom is 0.134 e. The van der Waals surface area contributed by atoms with E-state index in [9.17, 15) is 0 Å². The Kier molecular flexibility index (Phi) is 3.37. The van der Waals surface area contributed by atoms with Crippen LogP contribution in [0.25, 0.3) is 6.08 Å². The molecule has 2 aromatic rings. The molecule has 2 aliphatic rings. The summed E-state index contributed by atoms with van der Waals surface area (Å²) in [6.45, 7) is 0. The lowest BCUT2D eigenvalue weighted by Crippen LogP contribution is -2.07. The topological polar surface area (TPSA) is 61.0 Å². The van der Waals surface area contributed by atoms with Crippen molar-refractivity contribution in [3.8, 4) is 0 Å². The fourth-order valence-electron chi connectivity index (χ4n) is 3.12. The highest BCUT2D eigenvalue weighted by atomic mass is 16.5. The molecule has 4 nitrogen and oxygen atoms in total. The van der Waals surface area contributed by atoms with Crippen molar-refractivity contribution >= 4 is 11.9 Å². The van der Waals surface area contributed by atoms with E-state index in [-0.39, 0.29) is 5.92 Å². The van der Waals surface area contributed by atoms with Gasteiger partial charge in [-0.15, -0.1) is 0 Å². The summed E-state index contributed by atoms with van der Waals surface area (Å²) in [5.41, 5.74) is 10.5. The largest absolute Gasteiger partial charge is 0.497 e. The van der Waals surface area contributed by atoms with Crippen molar-refractivity contribution in [3.63, 3.8) is 0 Å². The van der Waals surface area contributed by atoms with Gasteiger partial charge in [0.15, 0.2) is 0 Å². The van der Waals surface area contributed by atoms with E-state index in [1.165, 1.54) is 30.3 Å². The first-order valence-corrected chi connectivity index (χ1v) is 7.90. The molecular weight excluding hydrogens is 286 g/mol. The molecule has 0 amide bonds. The van der Waals surface area contributed by atoms with E-state index in [1.54, 1.807) is 7.11 Å². The zero-order chi connectivity index (χ0) is 15.8. The third-order valence-corrected chi connectivity index (χ3v) is 4.54. The number of allylic oxidation sites excluding steroid dienone is 2. The average molecular weight is 305 g/mol. The first-order chi connectivity index (χ1) is 11.3. The second-order valence-corrected chi connectivity index (χ2v) is 6.09. The number of nitrogens with zero attached hydrogens (tertiary/aromatic N) is 2. The standard InChI is InChI=1S/C19H19N3O/c1-23-15-7-8-16-18(21-11-22-19(16)20)17(10-15)14-4-2-3-13(9-14)12-5-6-12/h2-4,7-12,17H,5-6H2,1H3,(H2,20,21,22). The van der Waals surface area contributed by atoms with E-state index in [0.717, 1.165) is 22.9 Å². The number of benzene rings is 1. The normalized spacial score (nSPS) is 19.7. The fraction of sp³-hybridized carbons (Fsp3) is 0.263. The van der Waals surface area contributed by atoms with Gasteiger partial charge in [0.1, 0.15) is 17.9 Å². The van der Waals surface area contributed by atoms with E-state index in [4.69, 9.17) is 10.5 Å². The molecule has 0 radical (unpaired) electrons. The van der Waals surface area contributed by atoms with Gasteiger partial charge in [0.05, 0.1) is 12.8 Å². The first-order valence-electron chi connectivity index (χ1n) is 7.90. The summed E-state index contributed by atoms with van der Waals surface area (Å²) >= 11 is 0. The van der Waals surface area contributed by atoms with Gasteiger partial charge in [-0.25, -0.2) is 9.97 Å². The first kappa shape index (κ1) is 14.0. The van der Waals surface area contributed by atoms with Crippen molar-refractivity contribution in [1.82, 2.24) is 9.97 Å². The van der Waals surface area contributed by atoms with E-state index in [1.807, 2.05) is 12.2 Å². The highest BCUT2D eigenvalue weighted by molar-refractivity contribution is 5.68. The van der Waals surface area contributed by atoms with Gasteiger partial charge >= 0.3 is 0 Å². The van der Waals surface area contributed by atoms with Crippen LogP contribution in [-0.4, -0.2) is 17.1 Å². The number of nitrogens with two attached hydrogens (primary N) is 1. The van der Waals surface area contributed by atoms with Gasteiger partial charge in [0.2, 0.25) is 0 Å². The monoisotopic (exact) mass is 305 g/mol. The zero-order valence-corrected chi connectivity index (χ0v) is 13.1. The Morgan fingerprint density at radius 1 is 1.13 bits per heavy atom. The molecule has 1 aromatic heterocycles. The molecule has 1 unspecified atom stereocenters. The van der Waals surface area contributed by atoms with E-state index >= 15 is 0 Å². The summed E-state index contributed by atoms with van der Waals surface area (Å²) in [6.07, 6.45) is 10.1. The van der Waals surface area contributed by atoms with Crippen LogP contribution >= 0.6 is 0 Å². The van der Waals surface area contributed by atoms with E-state index in [0.29, 0.717) is 5.82 Å². The maximum absolute atomic E-state index is 6.06. The Balaban J connectivity index is 1.86. The van der Waals surface area contributed by atoms with Crippen LogP contribution in [0.4, 0.5) is 5.82 Å². The number of hydrogen-bond donors (Lipinski definition) is 1. The van der Waals surface area contributed by atoms with Gasteiger partial charge in [-0.1, -0.05) is 24.3 Å². The molecule has 1 heterocycles. The predicted octanol–water partition coefficient (Wildman–Crippen LogP) is 3.63. The van der Waals surface area contributed by atoms with Crippen molar-refractivity contribution in [2.45, 2.75) is 24.7 Å². The quantitative estimate of drug-likeness (QED) is 0.940. The molecule has 1 atom stereocenters. The van der Waals surface area contributed by atoms with Crippen LogP contribution < -0.4 is 5.73 Å². The summed E-state index contributed by atoms with van der Waals surface area (Å²) in [7, 11) is 1.68. The van der Waals surface area contributed by atoms with Crippen molar-refractivity contribution in [2.24, 2.45) is 0 Å². The van der Waals surface area contributed by atoms with E-state index < -0.39 is 0 Å². The number of nitrogen functional groups attached to an aromatic ring is 1.